The van der Waals surface area contributed by atoms with Crippen molar-refractivity contribution >= 4 is 34.1 Å². The summed E-state index contributed by atoms with van der Waals surface area (Å²) in [7, 11) is 1.61. The van der Waals surface area contributed by atoms with E-state index in [0.717, 1.165) is 24.4 Å². The van der Waals surface area contributed by atoms with E-state index in [1.807, 2.05) is 0 Å². The number of hydrogen-bond donors (Lipinski definition) is 1. The van der Waals surface area contributed by atoms with Gasteiger partial charge in [-0.1, -0.05) is 12.1 Å². The van der Waals surface area contributed by atoms with Crippen LogP contribution in [0, 0.1) is 11.6 Å². The summed E-state index contributed by atoms with van der Waals surface area (Å²) >= 11 is 0. The Morgan fingerprint density at radius 2 is 1.88 bits per heavy atom. The number of aryl methyl sites for hydroxylation is 1. The first-order chi connectivity index (χ1) is 15.9. The van der Waals surface area contributed by atoms with E-state index >= 15 is 4.39 Å². The maximum absolute atomic E-state index is 15.7. The van der Waals surface area contributed by atoms with Crippen molar-refractivity contribution in [3.63, 3.8) is 0 Å². The van der Waals surface area contributed by atoms with Gasteiger partial charge in [0.1, 0.15) is 11.6 Å². The lowest BCUT2D eigenvalue weighted by molar-refractivity contribution is -0.117. The molecular weight excluding hydrogens is 428 g/mol. The van der Waals surface area contributed by atoms with Gasteiger partial charge in [-0.05, 0) is 36.2 Å². The molecule has 2 aromatic carbocycles. The molecule has 0 bridgehead atoms. The van der Waals surface area contributed by atoms with Crippen LogP contribution in [0.4, 0.5) is 20.2 Å². The van der Waals surface area contributed by atoms with Crippen LogP contribution in [0.25, 0.3) is 22.0 Å². The van der Waals surface area contributed by atoms with Gasteiger partial charge in [0, 0.05) is 37.3 Å². The molecule has 0 radical (unpaired) electrons. The minimum absolute atomic E-state index is 0.0654. The summed E-state index contributed by atoms with van der Waals surface area (Å²) < 4.78 is 30.5. The highest BCUT2D eigenvalue weighted by molar-refractivity contribution is 6.12. The van der Waals surface area contributed by atoms with Gasteiger partial charge in [0.15, 0.2) is 5.69 Å². The maximum atomic E-state index is 15.7. The molecule has 7 nitrogen and oxygen atoms in total. The van der Waals surface area contributed by atoms with E-state index < -0.39 is 17.5 Å². The summed E-state index contributed by atoms with van der Waals surface area (Å²) in [6.07, 6.45) is 3.66. The van der Waals surface area contributed by atoms with Crippen molar-refractivity contribution in [2.24, 2.45) is 7.05 Å². The van der Waals surface area contributed by atoms with Crippen LogP contribution in [0.5, 0.6) is 0 Å². The Morgan fingerprint density at radius 1 is 1.09 bits per heavy atom. The van der Waals surface area contributed by atoms with E-state index in [-0.39, 0.29) is 22.7 Å². The molecule has 3 heterocycles. The Morgan fingerprint density at radius 3 is 2.58 bits per heavy atom. The van der Waals surface area contributed by atoms with Gasteiger partial charge < -0.3 is 10.2 Å². The zero-order chi connectivity index (χ0) is 23.1. The minimum Gasteiger partial charge on any atom is -0.319 e. The number of amides is 2. The lowest BCUT2D eigenvalue weighted by Crippen LogP contribution is -2.23. The van der Waals surface area contributed by atoms with Crippen LogP contribution >= 0.6 is 0 Å². The normalized spacial score (nSPS) is 13.7. The van der Waals surface area contributed by atoms with Gasteiger partial charge in [0.2, 0.25) is 5.91 Å². The first-order valence-corrected chi connectivity index (χ1v) is 10.4. The molecule has 0 saturated carbocycles. The maximum Gasteiger partial charge on any atom is 0.276 e. The Labute approximate surface area is 187 Å². The molecule has 166 valence electrons. The van der Waals surface area contributed by atoms with Gasteiger partial charge in [0.25, 0.3) is 5.91 Å². The average molecular weight is 447 g/mol. The molecule has 1 saturated heterocycles. The molecule has 4 aromatic rings. The van der Waals surface area contributed by atoms with Crippen molar-refractivity contribution in [1.82, 2.24) is 14.8 Å². The number of pyridine rings is 1. The first kappa shape index (κ1) is 20.7. The van der Waals surface area contributed by atoms with Crippen LogP contribution in [0.15, 0.2) is 54.9 Å². The number of benzene rings is 2. The van der Waals surface area contributed by atoms with E-state index in [1.165, 1.54) is 10.9 Å². The quantitative estimate of drug-likeness (QED) is 0.506. The Kier molecular flexibility index (Phi) is 5.08. The molecule has 9 heteroatoms. The molecule has 1 aliphatic rings. The number of rotatable bonds is 4. The summed E-state index contributed by atoms with van der Waals surface area (Å²) in [6, 6.07) is 11.5. The second-order valence-corrected chi connectivity index (χ2v) is 7.84. The zero-order valence-corrected chi connectivity index (χ0v) is 17.7. The fourth-order valence-electron chi connectivity index (χ4n) is 4.11. The second-order valence-electron chi connectivity index (χ2n) is 7.84. The summed E-state index contributed by atoms with van der Waals surface area (Å²) in [5.74, 6) is -1.79. The molecule has 0 spiro atoms. The number of halogens is 2. The third kappa shape index (κ3) is 3.71. The van der Waals surface area contributed by atoms with Crippen LogP contribution in [0.3, 0.4) is 0 Å². The van der Waals surface area contributed by atoms with Crippen molar-refractivity contribution in [1.29, 1.82) is 0 Å². The number of carbonyl (C=O) groups is 2. The van der Waals surface area contributed by atoms with Crippen molar-refractivity contribution in [3.8, 4) is 11.1 Å². The van der Waals surface area contributed by atoms with E-state index in [2.05, 4.69) is 15.4 Å². The van der Waals surface area contributed by atoms with E-state index in [9.17, 15) is 14.0 Å². The van der Waals surface area contributed by atoms with Crippen molar-refractivity contribution in [3.05, 3.63) is 72.2 Å². The average Bonchev–Trinajstić information content (AvgIpc) is 3.38. The molecule has 1 aliphatic heterocycles. The number of fused-ring (bicyclic) bond motifs is 1. The van der Waals surface area contributed by atoms with Crippen LogP contribution in [0.2, 0.25) is 0 Å². The monoisotopic (exact) mass is 447 g/mol. The zero-order valence-electron chi connectivity index (χ0n) is 17.7. The Bertz CT molecular complexity index is 1400. The largest absolute Gasteiger partial charge is 0.319 e. The van der Waals surface area contributed by atoms with Crippen LogP contribution < -0.4 is 10.2 Å². The summed E-state index contributed by atoms with van der Waals surface area (Å²) in [4.78, 5) is 30.2. The van der Waals surface area contributed by atoms with E-state index in [1.54, 1.807) is 48.3 Å². The molecule has 2 aromatic heterocycles. The number of nitrogens with one attached hydrogen (secondary N) is 1. The smallest absolute Gasteiger partial charge is 0.276 e. The predicted molar refractivity (Wildman–Crippen MR) is 120 cm³/mol. The van der Waals surface area contributed by atoms with Crippen molar-refractivity contribution < 1.29 is 18.4 Å². The second kappa shape index (κ2) is 8.09. The lowest BCUT2D eigenvalue weighted by atomic mass is 10.0. The molecule has 0 aliphatic carbocycles. The Hall–Kier alpha value is -4.14. The molecule has 0 atom stereocenters. The third-order valence-corrected chi connectivity index (χ3v) is 5.70. The van der Waals surface area contributed by atoms with Crippen molar-refractivity contribution in [2.75, 3.05) is 16.8 Å². The fraction of sp³-hybridized carbons (Fsp3) is 0.167. The number of aromatic nitrogens is 3. The SMILES string of the molecule is Cn1nc(C(=O)Nc2cncc(F)c2)c2c(F)c(-c3ccc(N4CCCC4=O)cc3)ccc21. The standard InChI is InChI=1S/C24H19F2N5O2/c1-30-19-9-8-18(14-4-6-17(7-5-14)31-10-2-3-20(31)32)22(26)21(19)23(29-30)24(33)28-16-11-15(25)12-27-13-16/h4-9,11-13H,2-3,10H2,1H3,(H,28,33). The molecule has 33 heavy (non-hydrogen) atoms. The predicted octanol–water partition coefficient (Wildman–Crippen LogP) is 4.29. The highest BCUT2D eigenvalue weighted by atomic mass is 19.1. The molecule has 1 fully saturated rings. The first-order valence-electron chi connectivity index (χ1n) is 10.4. The summed E-state index contributed by atoms with van der Waals surface area (Å²) in [5.41, 5.74) is 2.15. The van der Waals surface area contributed by atoms with Gasteiger partial charge in [-0.15, -0.1) is 0 Å². The van der Waals surface area contributed by atoms with E-state index in [0.29, 0.717) is 29.6 Å². The van der Waals surface area contributed by atoms with Crippen LogP contribution in [-0.2, 0) is 11.8 Å². The Balaban J connectivity index is 1.52. The lowest BCUT2D eigenvalue weighted by Gasteiger charge is -2.16. The third-order valence-electron chi connectivity index (χ3n) is 5.70. The topological polar surface area (TPSA) is 80.1 Å². The molecule has 1 N–H and O–H groups in total. The van der Waals surface area contributed by atoms with Gasteiger partial charge in [-0.25, -0.2) is 8.78 Å². The summed E-state index contributed by atoms with van der Waals surface area (Å²) in [5, 5.41) is 6.76. The molecule has 0 unspecified atom stereocenters. The highest BCUT2D eigenvalue weighted by Crippen LogP contribution is 2.32. The minimum atomic E-state index is -0.674. The number of hydrogen-bond acceptors (Lipinski definition) is 4. The molecule has 2 amide bonds. The van der Waals surface area contributed by atoms with Gasteiger partial charge in [0.05, 0.1) is 29.0 Å². The number of anilines is 2. The highest BCUT2D eigenvalue weighted by Gasteiger charge is 2.24. The van der Waals surface area contributed by atoms with E-state index in [4.69, 9.17) is 0 Å². The van der Waals surface area contributed by atoms with Gasteiger partial charge in [-0.2, -0.15) is 5.10 Å². The summed E-state index contributed by atoms with van der Waals surface area (Å²) in [6.45, 7) is 0.674. The van der Waals surface area contributed by atoms with Crippen LogP contribution in [0.1, 0.15) is 23.3 Å². The fourth-order valence-corrected chi connectivity index (χ4v) is 4.11. The van der Waals surface area contributed by atoms with Gasteiger partial charge in [-0.3, -0.25) is 19.3 Å². The molecular formula is C24H19F2N5O2. The van der Waals surface area contributed by atoms with Crippen LogP contribution in [-0.4, -0.2) is 33.1 Å². The number of nitrogens with zero attached hydrogens (tertiary/aromatic N) is 4. The molecule has 5 rings (SSSR count). The van der Waals surface area contributed by atoms with Gasteiger partial charge >= 0.3 is 0 Å². The van der Waals surface area contributed by atoms with Crippen molar-refractivity contribution in [2.45, 2.75) is 12.8 Å². The number of carbonyl (C=O) groups excluding carboxylic acids is 2.